The molecule has 0 saturated heterocycles. The predicted octanol–water partition coefficient (Wildman–Crippen LogP) is 2.42. The third kappa shape index (κ3) is 2.69. The van der Waals surface area contributed by atoms with Gasteiger partial charge in [-0.2, -0.15) is 0 Å². The lowest BCUT2D eigenvalue weighted by molar-refractivity contribution is 0.633. The maximum atomic E-state index is 3.32. The van der Waals surface area contributed by atoms with E-state index in [4.69, 9.17) is 0 Å². The van der Waals surface area contributed by atoms with Crippen LogP contribution in [0.15, 0.2) is 17.5 Å². The molecule has 12 heavy (non-hydrogen) atoms. The molecule has 1 nitrogen and oxygen atoms in total. The Hall–Kier alpha value is -0.780. The molecule has 0 saturated carbocycles. The number of rotatable bonds is 3. The van der Waals surface area contributed by atoms with E-state index in [1.54, 1.807) is 11.3 Å². The fourth-order valence-corrected chi connectivity index (χ4v) is 1.69. The molecule has 0 aromatic carbocycles. The quantitative estimate of drug-likeness (QED) is 0.703. The van der Waals surface area contributed by atoms with Gasteiger partial charge in [-0.3, -0.25) is 5.32 Å². The molecule has 0 aliphatic rings. The third-order valence-corrected chi connectivity index (χ3v) is 2.70. The van der Waals surface area contributed by atoms with Gasteiger partial charge in [0, 0.05) is 10.9 Å². The Morgan fingerprint density at radius 2 is 2.50 bits per heavy atom. The van der Waals surface area contributed by atoms with E-state index in [1.165, 1.54) is 4.88 Å². The lowest BCUT2D eigenvalue weighted by Gasteiger charge is -2.08. The Balaban J connectivity index is 2.37. The minimum atomic E-state index is 0.422. The molecule has 1 N–H and O–H groups in total. The van der Waals surface area contributed by atoms with Crippen molar-refractivity contribution in [2.24, 2.45) is 0 Å². The Labute approximate surface area is 77.8 Å². The molecular weight excluding hydrogens is 166 g/mol. The predicted molar refractivity (Wildman–Crippen MR) is 54.2 cm³/mol. The molecule has 1 aromatic rings. The summed E-state index contributed by atoms with van der Waals surface area (Å²) in [6.07, 6.45) is 0. The van der Waals surface area contributed by atoms with Crippen LogP contribution < -0.4 is 5.32 Å². The molecule has 0 amide bonds. The van der Waals surface area contributed by atoms with E-state index in [2.05, 4.69) is 41.6 Å². The van der Waals surface area contributed by atoms with E-state index in [0.717, 1.165) is 6.54 Å². The van der Waals surface area contributed by atoms with Crippen LogP contribution in [0.4, 0.5) is 0 Å². The Morgan fingerprint density at radius 3 is 3.08 bits per heavy atom. The van der Waals surface area contributed by atoms with Crippen molar-refractivity contribution >= 4 is 11.3 Å². The molecule has 0 aliphatic carbocycles. The van der Waals surface area contributed by atoms with Gasteiger partial charge in [-0.05, 0) is 25.3 Å². The van der Waals surface area contributed by atoms with Crippen molar-refractivity contribution in [2.45, 2.75) is 19.9 Å². The summed E-state index contributed by atoms with van der Waals surface area (Å²) < 4.78 is 0. The lowest BCUT2D eigenvalue weighted by atomic mass is 10.3. The summed E-state index contributed by atoms with van der Waals surface area (Å²) in [5, 5.41) is 5.42. The molecular formula is C10H13NS. The molecule has 2 heteroatoms. The number of nitrogens with one attached hydrogen (secondary N) is 1. The van der Waals surface area contributed by atoms with E-state index in [-0.39, 0.29) is 0 Å². The van der Waals surface area contributed by atoms with Gasteiger partial charge in [-0.1, -0.05) is 12.0 Å². The average Bonchev–Trinajstić information content (AvgIpc) is 2.56. The van der Waals surface area contributed by atoms with E-state index in [1.807, 2.05) is 6.92 Å². The molecule has 0 radical (unpaired) electrons. The maximum Gasteiger partial charge on any atom is 0.0581 e. The molecule has 1 heterocycles. The van der Waals surface area contributed by atoms with Gasteiger partial charge in [0.15, 0.2) is 0 Å². The summed E-state index contributed by atoms with van der Waals surface area (Å²) in [4.78, 5) is 1.37. The SMILES string of the molecule is CC#CCNC(C)c1cccs1. The third-order valence-electron chi connectivity index (χ3n) is 1.64. The van der Waals surface area contributed by atoms with E-state index in [9.17, 15) is 0 Å². The van der Waals surface area contributed by atoms with E-state index < -0.39 is 0 Å². The molecule has 0 bridgehead atoms. The number of hydrogen-bond acceptors (Lipinski definition) is 2. The van der Waals surface area contributed by atoms with Crippen LogP contribution in [0.5, 0.6) is 0 Å². The standard InChI is InChI=1S/C10H13NS/c1-3-4-7-11-9(2)10-6-5-8-12-10/h5-6,8-9,11H,7H2,1-2H3. The normalized spacial score (nSPS) is 11.8. The smallest absolute Gasteiger partial charge is 0.0581 e. The molecule has 1 rings (SSSR count). The highest BCUT2D eigenvalue weighted by molar-refractivity contribution is 7.10. The fraction of sp³-hybridized carbons (Fsp3) is 0.400. The molecule has 0 spiro atoms. The first-order chi connectivity index (χ1) is 5.84. The van der Waals surface area contributed by atoms with Gasteiger partial charge in [-0.15, -0.1) is 17.3 Å². The monoisotopic (exact) mass is 179 g/mol. The van der Waals surface area contributed by atoms with Crippen molar-refractivity contribution in [1.29, 1.82) is 0 Å². The first-order valence-corrected chi connectivity index (χ1v) is 4.89. The van der Waals surface area contributed by atoms with Crippen molar-refractivity contribution in [1.82, 2.24) is 5.32 Å². The molecule has 0 aliphatic heterocycles. The summed E-state index contributed by atoms with van der Waals surface area (Å²) in [6, 6.07) is 4.64. The van der Waals surface area contributed by atoms with Crippen LogP contribution in [0.2, 0.25) is 0 Å². The second-order valence-corrected chi connectivity index (χ2v) is 3.52. The minimum absolute atomic E-state index is 0.422. The number of thiophene rings is 1. The zero-order chi connectivity index (χ0) is 8.81. The largest absolute Gasteiger partial charge is 0.299 e. The second kappa shape index (κ2) is 4.97. The summed E-state index contributed by atoms with van der Waals surface area (Å²) >= 11 is 1.78. The Bertz CT molecular complexity index is 266. The first kappa shape index (κ1) is 9.31. The molecule has 0 fully saturated rings. The molecule has 64 valence electrons. The van der Waals surface area contributed by atoms with Gasteiger partial charge in [-0.25, -0.2) is 0 Å². The number of hydrogen-bond donors (Lipinski definition) is 1. The fourth-order valence-electron chi connectivity index (χ4n) is 0.931. The van der Waals surface area contributed by atoms with E-state index >= 15 is 0 Å². The highest BCUT2D eigenvalue weighted by Gasteiger charge is 2.02. The lowest BCUT2D eigenvalue weighted by Crippen LogP contribution is -2.17. The minimum Gasteiger partial charge on any atom is -0.299 e. The van der Waals surface area contributed by atoms with Crippen molar-refractivity contribution in [3.8, 4) is 11.8 Å². The van der Waals surface area contributed by atoms with Crippen molar-refractivity contribution < 1.29 is 0 Å². The summed E-state index contributed by atoms with van der Waals surface area (Å²) in [7, 11) is 0. The maximum absolute atomic E-state index is 3.32. The van der Waals surface area contributed by atoms with Gasteiger partial charge in [0.05, 0.1) is 6.54 Å². The van der Waals surface area contributed by atoms with Gasteiger partial charge in [0.1, 0.15) is 0 Å². The van der Waals surface area contributed by atoms with E-state index in [0.29, 0.717) is 6.04 Å². The van der Waals surface area contributed by atoms with Gasteiger partial charge >= 0.3 is 0 Å². The van der Waals surface area contributed by atoms with Gasteiger partial charge < -0.3 is 0 Å². The first-order valence-electron chi connectivity index (χ1n) is 4.01. The van der Waals surface area contributed by atoms with Crippen molar-refractivity contribution in [3.63, 3.8) is 0 Å². The van der Waals surface area contributed by atoms with Crippen molar-refractivity contribution in [2.75, 3.05) is 6.54 Å². The topological polar surface area (TPSA) is 12.0 Å². The van der Waals surface area contributed by atoms with Crippen LogP contribution >= 0.6 is 11.3 Å². The Kier molecular flexibility index (Phi) is 3.86. The average molecular weight is 179 g/mol. The molecule has 1 unspecified atom stereocenters. The van der Waals surface area contributed by atoms with Gasteiger partial charge in [0.2, 0.25) is 0 Å². The van der Waals surface area contributed by atoms with Crippen LogP contribution in [-0.4, -0.2) is 6.54 Å². The van der Waals surface area contributed by atoms with Crippen molar-refractivity contribution in [3.05, 3.63) is 22.4 Å². The van der Waals surface area contributed by atoms with Crippen LogP contribution in [-0.2, 0) is 0 Å². The molecule has 1 atom stereocenters. The molecule has 1 aromatic heterocycles. The highest BCUT2D eigenvalue weighted by atomic mass is 32.1. The summed E-state index contributed by atoms with van der Waals surface area (Å²) in [6.45, 7) is 4.79. The zero-order valence-corrected chi connectivity index (χ0v) is 8.24. The van der Waals surface area contributed by atoms with Gasteiger partial charge in [0.25, 0.3) is 0 Å². The van der Waals surface area contributed by atoms with Crippen LogP contribution in [0.3, 0.4) is 0 Å². The second-order valence-electron chi connectivity index (χ2n) is 2.54. The zero-order valence-electron chi connectivity index (χ0n) is 7.42. The van der Waals surface area contributed by atoms with Crippen LogP contribution in [0, 0.1) is 11.8 Å². The summed E-state index contributed by atoms with van der Waals surface area (Å²) in [5.74, 6) is 5.84. The van der Waals surface area contributed by atoms with Crippen LogP contribution in [0.25, 0.3) is 0 Å². The Morgan fingerprint density at radius 1 is 1.67 bits per heavy atom. The highest BCUT2D eigenvalue weighted by Crippen LogP contribution is 2.17. The van der Waals surface area contributed by atoms with Crippen LogP contribution in [0.1, 0.15) is 24.8 Å². The summed E-state index contributed by atoms with van der Waals surface area (Å²) in [5.41, 5.74) is 0.